The van der Waals surface area contributed by atoms with Gasteiger partial charge in [-0.1, -0.05) is 13.8 Å². The Morgan fingerprint density at radius 2 is 1.46 bits per heavy atom. The van der Waals surface area contributed by atoms with Gasteiger partial charge in [-0.25, -0.2) is 0 Å². The summed E-state index contributed by atoms with van der Waals surface area (Å²) in [6, 6.07) is 3.71. The van der Waals surface area contributed by atoms with Gasteiger partial charge in [0.15, 0.2) is 11.5 Å². The van der Waals surface area contributed by atoms with Crippen LogP contribution < -0.4 is 19.5 Å². The van der Waals surface area contributed by atoms with Gasteiger partial charge < -0.3 is 19.5 Å². The highest BCUT2D eigenvalue weighted by molar-refractivity contribution is 5.95. The molecule has 0 heterocycles. The summed E-state index contributed by atoms with van der Waals surface area (Å²) >= 11 is 0. The van der Waals surface area contributed by atoms with Crippen molar-refractivity contribution in [2.45, 2.75) is 47.6 Å². The lowest BCUT2D eigenvalue weighted by molar-refractivity contribution is 0.0937. The van der Waals surface area contributed by atoms with Crippen LogP contribution in [0.2, 0.25) is 0 Å². The van der Waals surface area contributed by atoms with Crippen LogP contribution in [0.4, 0.5) is 0 Å². The molecule has 0 saturated heterocycles. The predicted molar refractivity (Wildman–Crippen MR) is 105 cm³/mol. The fourth-order valence-electron chi connectivity index (χ4n) is 2.84. The fourth-order valence-corrected chi connectivity index (χ4v) is 2.84. The molecule has 0 aliphatic carbocycles. The summed E-state index contributed by atoms with van der Waals surface area (Å²) in [5.41, 5.74) is 0.507. The molecule has 6 heteroatoms. The quantitative estimate of drug-likeness (QED) is 0.615. The number of benzene rings is 1. The van der Waals surface area contributed by atoms with Crippen LogP contribution in [-0.4, -0.2) is 56.3 Å². The lowest BCUT2D eigenvalue weighted by atomic mass is 10.1. The fraction of sp³-hybridized carbons (Fsp3) is 0.650. The molecule has 0 spiro atoms. The molecule has 1 aromatic carbocycles. The van der Waals surface area contributed by atoms with Gasteiger partial charge in [-0.15, -0.1) is 0 Å². The monoisotopic (exact) mass is 366 g/mol. The highest BCUT2D eigenvalue weighted by Gasteiger charge is 2.19. The molecule has 148 valence electrons. The Balaban J connectivity index is 3.01. The van der Waals surface area contributed by atoms with Gasteiger partial charge in [0.05, 0.1) is 19.8 Å². The highest BCUT2D eigenvalue weighted by atomic mass is 16.5. The third kappa shape index (κ3) is 6.09. The van der Waals surface area contributed by atoms with Crippen LogP contribution in [0.3, 0.4) is 0 Å². The second kappa shape index (κ2) is 11.6. The average Bonchev–Trinajstić information content (AvgIpc) is 2.63. The van der Waals surface area contributed by atoms with Crippen LogP contribution in [0.1, 0.15) is 51.9 Å². The molecule has 0 bridgehead atoms. The maximum absolute atomic E-state index is 12.6. The summed E-state index contributed by atoms with van der Waals surface area (Å²) in [4.78, 5) is 15.0. The zero-order chi connectivity index (χ0) is 19.5. The Morgan fingerprint density at radius 3 is 1.88 bits per heavy atom. The summed E-state index contributed by atoms with van der Waals surface area (Å²) in [7, 11) is 0. The minimum Gasteiger partial charge on any atom is -0.490 e. The van der Waals surface area contributed by atoms with Crippen LogP contribution >= 0.6 is 0 Å². The Kier molecular flexibility index (Phi) is 9.88. The van der Waals surface area contributed by atoms with Gasteiger partial charge in [0, 0.05) is 18.2 Å². The molecule has 1 unspecified atom stereocenters. The highest BCUT2D eigenvalue weighted by Crippen LogP contribution is 2.39. The average molecular weight is 367 g/mol. The molecular weight excluding hydrogens is 332 g/mol. The molecular formula is C20H34N2O4. The number of ether oxygens (including phenoxy) is 3. The first kappa shape index (κ1) is 22.1. The molecule has 1 atom stereocenters. The van der Waals surface area contributed by atoms with Gasteiger partial charge in [-0.2, -0.15) is 0 Å². The Labute approximate surface area is 157 Å². The Bertz CT molecular complexity index is 532. The number of hydrogen-bond acceptors (Lipinski definition) is 5. The van der Waals surface area contributed by atoms with Crippen molar-refractivity contribution in [2.24, 2.45) is 0 Å². The molecule has 0 aromatic heterocycles. The van der Waals surface area contributed by atoms with E-state index >= 15 is 0 Å². The summed E-state index contributed by atoms with van der Waals surface area (Å²) in [5, 5.41) is 3.01. The number of carbonyl (C=O) groups excluding carboxylic acids is 1. The van der Waals surface area contributed by atoms with Crippen molar-refractivity contribution >= 4 is 5.91 Å². The number of nitrogens with zero attached hydrogens (tertiary/aromatic N) is 1. The smallest absolute Gasteiger partial charge is 0.251 e. The number of hydrogen-bond donors (Lipinski definition) is 1. The summed E-state index contributed by atoms with van der Waals surface area (Å²) < 4.78 is 17.0. The number of likely N-dealkylation sites (N-methyl/N-ethyl adjacent to an activating group) is 1. The van der Waals surface area contributed by atoms with Crippen LogP contribution in [0, 0.1) is 0 Å². The first-order valence-corrected chi connectivity index (χ1v) is 9.60. The number of rotatable bonds is 12. The van der Waals surface area contributed by atoms with Crippen molar-refractivity contribution in [1.82, 2.24) is 10.2 Å². The maximum atomic E-state index is 12.6. The molecule has 0 aliphatic rings. The molecule has 6 nitrogen and oxygen atoms in total. The zero-order valence-corrected chi connectivity index (χ0v) is 17.1. The van der Waals surface area contributed by atoms with E-state index in [1.54, 1.807) is 12.1 Å². The summed E-state index contributed by atoms with van der Waals surface area (Å²) in [5.74, 6) is 1.46. The molecule has 1 aromatic rings. The number of carbonyl (C=O) groups is 1. The van der Waals surface area contributed by atoms with E-state index in [4.69, 9.17) is 14.2 Å². The maximum Gasteiger partial charge on any atom is 0.251 e. The summed E-state index contributed by atoms with van der Waals surface area (Å²) in [6.07, 6.45) is 0. The first-order chi connectivity index (χ1) is 12.5. The van der Waals surface area contributed by atoms with Crippen molar-refractivity contribution < 1.29 is 19.0 Å². The van der Waals surface area contributed by atoms with E-state index in [-0.39, 0.29) is 11.9 Å². The topological polar surface area (TPSA) is 60.0 Å². The second-order valence-corrected chi connectivity index (χ2v) is 5.88. The predicted octanol–water partition coefficient (Wildman–Crippen LogP) is 3.34. The molecule has 1 amide bonds. The molecule has 0 saturated carbocycles. The van der Waals surface area contributed by atoms with Gasteiger partial charge in [0.2, 0.25) is 5.75 Å². The third-order valence-electron chi connectivity index (χ3n) is 4.17. The van der Waals surface area contributed by atoms with Gasteiger partial charge >= 0.3 is 0 Å². The third-order valence-corrected chi connectivity index (χ3v) is 4.17. The van der Waals surface area contributed by atoms with E-state index in [0.717, 1.165) is 13.1 Å². The number of amides is 1. The van der Waals surface area contributed by atoms with Crippen molar-refractivity contribution in [3.63, 3.8) is 0 Å². The van der Waals surface area contributed by atoms with Crippen molar-refractivity contribution in [1.29, 1.82) is 0 Å². The van der Waals surface area contributed by atoms with E-state index in [9.17, 15) is 4.79 Å². The van der Waals surface area contributed by atoms with E-state index in [0.29, 0.717) is 49.2 Å². The minimum atomic E-state index is -0.144. The molecule has 1 N–H and O–H groups in total. The van der Waals surface area contributed by atoms with Gasteiger partial charge in [0.25, 0.3) is 5.91 Å². The van der Waals surface area contributed by atoms with Gasteiger partial charge in [-0.05, 0) is 52.9 Å². The molecule has 1 rings (SSSR count). The zero-order valence-electron chi connectivity index (χ0n) is 17.1. The second-order valence-electron chi connectivity index (χ2n) is 5.88. The van der Waals surface area contributed by atoms with Crippen LogP contribution in [0.15, 0.2) is 12.1 Å². The molecule has 0 aliphatic heterocycles. The van der Waals surface area contributed by atoms with E-state index < -0.39 is 0 Å². The molecule has 0 radical (unpaired) electrons. The molecule has 26 heavy (non-hydrogen) atoms. The largest absolute Gasteiger partial charge is 0.490 e. The molecule has 0 fully saturated rings. The summed E-state index contributed by atoms with van der Waals surface area (Å²) in [6.45, 7) is 16.0. The van der Waals surface area contributed by atoms with Crippen molar-refractivity contribution in [3.05, 3.63) is 17.7 Å². The minimum absolute atomic E-state index is 0.144. The normalized spacial score (nSPS) is 12.0. The Hall–Kier alpha value is -1.95. The standard InChI is InChI=1S/C20H34N2O4/c1-7-22(8-2)15(6)14-21-20(23)16-12-17(24-9-3)19(26-11-5)18(13-16)25-10-4/h12-13,15H,7-11,14H2,1-6H3,(H,21,23). The van der Waals surface area contributed by atoms with Gasteiger partial charge in [0.1, 0.15) is 0 Å². The van der Waals surface area contributed by atoms with Gasteiger partial charge in [-0.3, -0.25) is 9.69 Å². The van der Waals surface area contributed by atoms with Crippen LogP contribution in [-0.2, 0) is 0 Å². The van der Waals surface area contributed by atoms with Crippen molar-refractivity contribution in [2.75, 3.05) is 39.5 Å². The van der Waals surface area contributed by atoms with E-state index in [1.807, 2.05) is 20.8 Å². The lowest BCUT2D eigenvalue weighted by Gasteiger charge is -2.26. The first-order valence-electron chi connectivity index (χ1n) is 9.60. The number of nitrogens with one attached hydrogen (secondary N) is 1. The van der Waals surface area contributed by atoms with Crippen LogP contribution in [0.25, 0.3) is 0 Å². The SMILES string of the molecule is CCOc1cc(C(=O)NCC(C)N(CC)CC)cc(OCC)c1OCC. The van der Waals surface area contributed by atoms with E-state index in [1.165, 1.54) is 0 Å². The Morgan fingerprint density at radius 1 is 0.962 bits per heavy atom. The van der Waals surface area contributed by atoms with E-state index in [2.05, 4.69) is 31.0 Å². The lowest BCUT2D eigenvalue weighted by Crippen LogP contribution is -2.42. The van der Waals surface area contributed by atoms with Crippen LogP contribution in [0.5, 0.6) is 17.2 Å². The van der Waals surface area contributed by atoms with Crippen molar-refractivity contribution in [3.8, 4) is 17.2 Å².